The number of nitrogens with one attached hydrogen (secondary N) is 1. The van der Waals surface area contributed by atoms with Crippen molar-refractivity contribution in [2.45, 2.75) is 19.4 Å². The summed E-state index contributed by atoms with van der Waals surface area (Å²) in [6, 6.07) is 11.8. The lowest BCUT2D eigenvalue weighted by Gasteiger charge is -2.18. The third-order valence-electron chi connectivity index (χ3n) is 4.65. The Morgan fingerprint density at radius 2 is 1.84 bits per heavy atom. The molecule has 3 aromatic rings. The number of amides is 1. The van der Waals surface area contributed by atoms with Crippen LogP contribution in [0.3, 0.4) is 0 Å². The number of benzene rings is 2. The van der Waals surface area contributed by atoms with Crippen LogP contribution < -0.4 is 10.1 Å². The van der Waals surface area contributed by atoms with Gasteiger partial charge in [-0.05, 0) is 37.3 Å². The van der Waals surface area contributed by atoms with Gasteiger partial charge >= 0.3 is 5.97 Å². The molecule has 3 rings (SSSR count). The molecule has 0 aliphatic carbocycles. The Labute approximate surface area is 177 Å². The number of halogens is 2. The van der Waals surface area contributed by atoms with Crippen LogP contribution in [0.2, 0.25) is 0 Å². The van der Waals surface area contributed by atoms with Gasteiger partial charge in [-0.25, -0.2) is 13.8 Å². The number of aliphatic carboxylic acids is 1. The van der Waals surface area contributed by atoms with Gasteiger partial charge in [0.05, 0.1) is 19.6 Å². The zero-order valence-corrected chi connectivity index (χ0v) is 16.9. The molecule has 2 aromatic carbocycles. The number of rotatable bonds is 7. The maximum absolute atomic E-state index is 14.4. The molecule has 8 heteroatoms. The fourth-order valence-electron chi connectivity index (χ4n) is 3.15. The Kier molecular flexibility index (Phi) is 6.59. The Morgan fingerprint density at radius 3 is 2.52 bits per heavy atom. The summed E-state index contributed by atoms with van der Waals surface area (Å²) in [6.07, 6.45) is -0.526. The number of hydrogen-bond acceptors (Lipinski definition) is 4. The number of carboxylic acid groups (broad SMARTS) is 1. The number of carboxylic acids is 1. The maximum atomic E-state index is 14.4. The summed E-state index contributed by atoms with van der Waals surface area (Å²) in [5, 5.41) is 11.7. The minimum Gasteiger partial charge on any atom is -0.494 e. The minimum atomic E-state index is -1.21. The number of nitrogens with zero attached hydrogens (tertiary/aromatic N) is 1. The Bertz CT molecular complexity index is 1130. The molecular weight excluding hydrogens is 406 g/mol. The van der Waals surface area contributed by atoms with Crippen LogP contribution in [0.15, 0.2) is 54.6 Å². The summed E-state index contributed by atoms with van der Waals surface area (Å²) in [7, 11) is 1.40. The van der Waals surface area contributed by atoms with E-state index in [-0.39, 0.29) is 28.3 Å². The molecule has 0 spiro atoms. The van der Waals surface area contributed by atoms with E-state index in [1.165, 1.54) is 43.5 Å². The number of pyridine rings is 1. The van der Waals surface area contributed by atoms with E-state index in [0.717, 1.165) is 5.56 Å². The predicted octanol–water partition coefficient (Wildman–Crippen LogP) is 4.29. The summed E-state index contributed by atoms with van der Waals surface area (Å²) in [4.78, 5) is 28.3. The van der Waals surface area contributed by atoms with Crippen LogP contribution >= 0.6 is 0 Å². The van der Waals surface area contributed by atoms with E-state index in [1.54, 1.807) is 25.1 Å². The molecule has 1 aromatic heterocycles. The van der Waals surface area contributed by atoms with Crippen molar-refractivity contribution in [2.24, 2.45) is 0 Å². The van der Waals surface area contributed by atoms with Gasteiger partial charge in [0.25, 0.3) is 5.91 Å². The predicted molar refractivity (Wildman–Crippen MR) is 110 cm³/mol. The summed E-state index contributed by atoms with van der Waals surface area (Å²) >= 11 is 0. The molecule has 31 heavy (non-hydrogen) atoms. The van der Waals surface area contributed by atoms with Gasteiger partial charge in [-0.3, -0.25) is 9.59 Å². The van der Waals surface area contributed by atoms with E-state index in [9.17, 15) is 23.5 Å². The number of hydrogen-bond donors (Lipinski definition) is 2. The van der Waals surface area contributed by atoms with Gasteiger partial charge in [-0.2, -0.15) is 0 Å². The quantitative estimate of drug-likeness (QED) is 0.588. The number of aromatic nitrogens is 1. The zero-order chi connectivity index (χ0) is 22.5. The van der Waals surface area contributed by atoms with Crippen LogP contribution in [0.25, 0.3) is 11.3 Å². The molecule has 1 heterocycles. The van der Waals surface area contributed by atoms with E-state index in [1.807, 2.05) is 0 Å². The molecule has 2 N–H and O–H groups in total. The lowest BCUT2D eigenvalue weighted by Crippen LogP contribution is -2.31. The first-order valence-electron chi connectivity index (χ1n) is 9.38. The fraction of sp³-hybridized carbons (Fsp3) is 0.174. The zero-order valence-electron chi connectivity index (χ0n) is 16.9. The molecule has 1 amide bonds. The van der Waals surface area contributed by atoms with Crippen LogP contribution in [0.5, 0.6) is 5.75 Å². The number of methoxy groups -OCH3 is 1. The minimum absolute atomic E-state index is 0.0386. The Morgan fingerprint density at radius 1 is 1.10 bits per heavy atom. The smallest absolute Gasteiger partial charge is 0.305 e. The molecule has 0 bridgehead atoms. The van der Waals surface area contributed by atoms with Crippen LogP contribution in [-0.2, 0) is 4.79 Å². The lowest BCUT2D eigenvalue weighted by atomic mass is 10.0. The maximum Gasteiger partial charge on any atom is 0.305 e. The fourth-order valence-corrected chi connectivity index (χ4v) is 3.15. The van der Waals surface area contributed by atoms with Crippen LogP contribution in [-0.4, -0.2) is 29.1 Å². The van der Waals surface area contributed by atoms with Crippen molar-refractivity contribution < 1.29 is 28.2 Å². The van der Waals surface area contributed by atoms with Crippen LogP contribution in [0.1, 0.15) is 34.1 Å². The van der Waals surface area contributed by atoms with Crippen LogP contribution in [0, 0.1) is 18.6 Å². The van der Waals surface area contributed by atoms with Gasteiger partial charge in [-0.1, -0.05) is 29.8 Å². The summed E-state index contributed by atoms with van der Waals surface area (Å²) in [5.74, 6) is -2.86. The second kappa shape index (κ2) is 9.34. The Hall–Kier alpha value is -3.81. The van der Waals surface area contributed by atoms with Gasteiger partial charge in [0, 0.05) is 11.1 Å². The van der Waals surface area contributed by atoms with Gasteiger partial charge in [0.2, 0.25) is 0 Å². The highest BCUT2D eigenvalue weighted by Crippen LogP contribution is 2.31. The molecule has 0 radical (unpaired) electrons. The van der Waals surface area contributed by atoms with Crippen molar-refractivity contribution in [1.29, 1.82) is 0 Å². The molecule has 0 aliphatic heterocycles. The average molecular weight is 426 g/mol. The topological polar surface area (TPSA) is 88.5 Å². The third-order valence-corrected chi connectivity index (χ3v) is 4.65. The molecule has 160 valence electrons. The molecule has 1 atom stereocenters. The highest BCUT2D eigenvalue weighted by atomic mass is 19.1. The third kappa shape index (κ3) is 5.03. The SMILES string of the molecule is COc1ccc(C(=O)N[C@@H](CC(=O)O)c2ccccc2F)nc1-c1cc(C)ccc1F. The van der Waals surface area contributed by atoms with E-state index >= 15 is 0 Å². The van der Waals surface area contributed by atoms with Crippen molar-refractivity contribution in [3.8, 4) is 17.0 Å². The largest absolute Gasteiger partial charge is 0.494 e. The number of ether oxygens (including phenoxy) is 1. The van der Waals surface area contributed by atoms with Crippen LogP contribution in [0.4, 0.5) is 8.78 Å². The van der Waals surface area contributed by atoms with E-state index < -0.39 is 36.0 Å². The normalized spacial score (nSPS) is 11.6. The highest BCUT2D eigenvalue weighted by molar-refractivity contribution is 5.93. The molecule has 0 saturated heterocycles. The molecule has 0 fully saturated rings. The molecule has 0 unspecified atom stereocenters. The van der Waals surface area contributed by atoms with Crippen molar-refractivity contribution in [3.63, 3.8) is 0 Å². The second-order valence-electron chi connectivity index (χ2n) is 6.88. The number of aryl methyl sites for hydroxylation is 1. The average Bonchev–Trinajstić information content (AvgIpc) is 2.74. The van der Waals surface area contributed by atoms with E-state index in [2.05, 4.69) is 10.3 Å². The van der Waals surface area contributed by atoms with Gasteiger partial charge < -0.3 is 15.2 Å². The monoisotopic (exact) mass is 426 g/mol. The van der Waals surface area contributed by atoms with Gasteiger partial charge in [0.1, 0.15) is 28.8 Å². The van der Waals surface area contributed by atoms with Gasteiger partial charge in [0.15, 0.2) is 0 Å². The summed E-state index contributed by atoms with van der Waals surface area (Å²) in [5.41, 5.74) is 1.01. The van der Waals surface area contributed by atoms with Crippen molar-refractivity contribution in [2.75, 3.05) is 7.11 Å². The van der Waals surface area contributed by atoms with E-state index in [4.69, 9.17) is 4.74 Å². The van der Waals surface area contributed by atoms with Crippen molar-refractivity contribution in [1.82, 2.24) is 10.3 Å². The number of carbonyl (C=O) groups excluding carboxylic acids is 1. The molecule has 0 saturated carbocycles. The summed E-state index contributed by atoms with van der Waals surface area (Å²) < 4.78 is 33.9. The van der Waals surface area contributed by atoms with E-state index in [0.29, 0.717) is 0 Å². The molecule has 0 aliphatic rings. The van der Waals surface area contributed by atoms with Crippen molar-refractivity contribution in [3.05, 3.63) is 83.1 Å². The number of carbonyl (C=O) groups is 2. The van der Waals surface area contributed by atoms with Crippen molar-refractivity contribution >= 4 is 11.9 Å². The first-order valence-corrected chi connectivity index (χ1v) is 9.38. The van der Waals surface area contributed by atoms with Gasteiger partial charge in [-0.15, -0.1) is 0 Å². The standard InChI is InChI=1S/C23H20F2N2O4/c1-13-7-8-17(25)15(11-13)22-20(31-2)10-9-18(26-22)23(30)27-19(12-21(28)29)14-5-3-4-6-16(14)24/h3-11,19H,12H2,1-2H3,(H,27,30)(H,28,29)/t19-/m0/s1. The first kappa shape index (κ1) is 21.9. The lowest BCUT2D eigenvalue weighted by molar-refractivity contribution is -0.137. The first-order chi connectivity index (χ1) is 14.8. The summed E-state index contributed by atoms with van der Waals surface area (Å²) in [6.45, 7) is 1.79. The molecule has 6 nitrogen and oxygen atoms in total. The highest BCUT2D eigenvalue weighted by Gasteiger charge is 2.23. The second-order valence-corrected chi connectivity index (χ2v) is 6.88. The molecular formula is C23H20F2N2O4. The Balaban J connectivity index is 1.98.